The van der Waals surface area contributed by atoms with Crippen LogP contribution in [0.3, 0.4) is 0 Å². The van der Waals surface area contributed by atoms with E-state index < -0.39 is 70.2 Å². The molecule has 0 radical (unpaired) electrons. The van der Waals surface area contributed by atoms with Crippen LogP contribution in [0, 0.1) is 11.3 Å². The molecule has 0 bridgehead atoms. The van der Waals surface area contributed by atoms with Crippen molar-refractivity contribution in [2.45, 2.75) is 209 Å². The van der Waals surface area contributed by atoms with Gasteiger partial charge in [0.2, 0.25) is 0 Å². The third kappa shape index (κ3) is 14.0. The summed E-state index contributed by atoms with van der Waals surface area (Å²) in [5.41, 5.74) is -0.253. The van der Waals surface area contributed by atoms with Gasteiger partial charge in [-0.05, 0) is 108 Å². The summed E-state index contributed by atoms with van der Waals surface area (Å²) in [6, 6.07) is 4.79. The van der Waals surface area contributed by atoms with Crippen LogP contribution in [-0.2, 0) is 23.1 Å². The molecule has 0 fully saturated rings. The SMILES string of the molecule is CCC(O[Si](CC)(CC)CC)C(C)(C)[C@@H](O)[C@@H](O)/C(C)=C(\C)[C@H](C)OC(=O)C(O[Si](CC)(CC)CC)[C@H](CC(C)C)NC(=O)OC(C)(C)C. The van der Waals surface area contributed by atoms with Crippen molar-refractivity contribution in [3.8, 4) is 0 Å². The normalized spacial score (nSPS) is 17.5. The summed E-state index contributed by atoms with van der Waals surface area (Å²) in [4.78, 5) is 27.1. The predicted molar refractivity (Wildman–Crippen MR) is 207 cm³/mol. The maximum absolute atomic E-state index is 14.1. The van der Waals surface area contributed by atoms with E-state index in [4.69, 9.17) is 18.3 Å². The number of amides is 1. The summed E-state index contributed by atoms with van der Waals surface area (Å²) in [6.45, 7) is 33.6. The fourth-order valence-corrected chi connectivity index (χ4v) is 12.4. The van der Waals surface area contributed by atoms with Gasteiger partial charge in [-0.2, -0.15) is 0 Å². The van der Waals surface area contributed by atoms with Crippen molar-refractivity contribution in [1.82, 2.24) is 5.32 Å². The lowest BCUT2D eigenvalue weighted by molar-refractivity contribution is -0.157. The van der Waals surface area contributed by atoms with Crippen LogP contribution in [0.4, 0.5) is 4.79 Å². The molecule has 49 heavy (non-hydrogen) atoms. The average Bonchev–Trinajstić information content (AvgIpc) is 3.03. The van der Waals surface area contributed by atoms with E-state index in [1.54, 1.807) is 34.6 Å². The zero-order valence-corrected chi connectivity index (χ0v) is 36.5. The first-order valence-corrected chi connectivity index (χ1v) is 24.1. The summed E-state index contributed by atoms with van der Waals surface area (Å²) in [7, 11) is -4.30. The van der Waals surface area contributed by atoms with Crippen molar-refractivity contribution in [2.24, 2.45) is 11.3 Å². The summed E-state index contributed by atoms with van der Waals surface area (Å²) < 4.78 is 25.3. The van der Waals surface area contributed by atoms with Crippen molar-refractivity contribution in [3.63, 3.8) is 0 Å². The molecular weight excluding hydrogens is 655 g/mol. The van der Waals surface area contributed by atoms with Crippen molar-refractivity contribution in [1.29, 1.82) is 0 Å². The van der Waals surface area contributed by atoms with E-state index in [9.17, 15) is 19.8 Å². The van der Waals surface area contributed by atoms with Crippen LogP contribution in [0.25, 0.3) is 0 Å². The Hall–Kier alpha value is -1.25. The number of rotatable bonds is 22. The molecule has 9 nitrogen and oxygen atoms in total. The molecule has 2 unspecified atom stereocenters. The van der Waals surface area contributed by atoms with Crippen LogP contribution in [0.1, 0.15) is 131 Å². The predicted octanol–water partition coefficient (Wildman–Crippen LogP) is 9.13. The highest BCUT2D eigenvalue weighted by Gasteiger charge is 2.45. The average molecular weight is 732 g/mol. The first kappa shape index (κ1) is 47.8. The smallest absolute Gasteiger partial charge is 0.407 e. The Morgan fingerprint density at radius 3 is 1.57 bits per heavy atom. The summed E-state index contributed by atoms with van der Waals surface area (Å²) in [6.07, 6.45) is -3.68. The molecule has 0 aromatic carbocycles. The van der Waals surface area contributed by atoms with Crippen molar-refractivity contribution in [3.05, 3.63) is 11.1 Å². The molecule has 0 spiro atoms. The first-order chi connectivity index (χ1) is 22.5. The topological polar surface area (TPSA) is 124 Å². The van der Waals surface area contributed by atoms with Gasteiger partial charge in [0.25, 0.3) is 0 Å². The molecule has 6 atom stereocenters. The monoisotopic (exact) mass is 732 g/mol. The van der Waals surface area contributed by atoms with Gasteiger partial charge < -0.3 is 33.9 Å². The van der Waals surface area contributed by atoms with Crippen molar-refractivity contribution < 1.29 is 38.1 Å². The van der Waals surface area contributed by atoms with E-state index in [0.29, 0.717) is 17.6 Å². The Bertz CT molecular complexity index is 1020. The third-order valence-electron chi connectivity index (χ3n) is 10.9. The number of aliphatic hydroxyl groups is 2. The number of aliphatic hydroxyl groups excluding tert-OH is 2. The highest BCUT2D eigenvalue weighted by molar-refractivity contribution is 6.74. The zero-order chi connectivity index (χ0) is 38.5. The van der Waals surface area contributed by atoms with Gasteiger partial charge in [0.15, 0.2) is 22.7 Å². The van der Waals surface area contributed by atoms with Crippen molar-refractivity contribution >= 4 is 28.7 Å². The van der Waals surface area contributed by atoms with Crippen LogP contribution >= 0.6 is 0 Å². The lowest BCUT2D eigenvalue weighted by Gasteiger charge is -2.44. The summed E-state index contributed by atoms with van der Waals surface area (Å²) in [5, 5.41) is 26.1. The van der Waals surface area contributed by atoms with Crippen LogP contribution in [0.2, 0.25) is 36.3 Å². The number of carbonyl (C=O) groups excluding carboxylic acids is 2. The molecule has 0 rings (SSSR count). The third-order valence-corrected chi connectivity index (χ3v) is 20.2. The second-order valence-corrected chi connectivity index (χ2v) is 25.5. The van der Waals surface area contributed by atoms with E-state index in [0.717, 1.165) is 42.7 Å². The van der Waals surface area contributed by atoms with Gasteiger partial charge in [-0.1, -0.05) is 76.2 Å². The van der Waals surface area contributed by atoms with E-state index in [1.807, 2.05) is 34.6 Å². The van der Waals surface area contributed by atoms with Gasteiger partial charge in [0, 0.05) is 5.41 Å². The molecule has 0 aliphatic heterocycles. The van der Waals surface area contributed by atoms with Crippen LogP contribution < -0.4 is 5.32 Å². The lowest BCUT2D eigenvalue weighted by atomic mass is 9.75. The van der Waals surface area contributed by atoms with Gasteiger partial charge in [-0.25, -0.2) is 9.59 Å². The molecule has 0 heterocycles. The molecule has 0 aliphatic rings. The molecule has 11 heteroatoms. The molecule has 0 aromatic rings. The first-order valence-electron chi connectivity index (χ1n) is 19.1. The van der Waals surface area contributed by atoms with Gasteiger partial charge in [0.05, 0.1) is 18.2 Å². The number of carbonyl (C=O) groups is 2. The molecule has 290 valence electrons. The van der Waals surface area contributed by atoms with E-state index >= 15 is 0 Å². The second-order valence-electron chi connectivity index (χ2n) is 16.1. The molecule has 0 saturated heterocycles. The Morgan fingerprint density at radius 1 is 0.735 bits per heavy atom. The number of esters is 1. The number of alkyl carbamates (subject to hydrolysis) is 1. The highest BCUT2D eigenvalue weighted by Crippen LogP contribution is 2.38. The number of nitrogens with one attached hydrogen (secondary N) is 1. The molecule has 0 aliphatic carbocycles. The maximum Gasteiger partial charge on any atom is 0.407 e. The quantitative estimate of drug-likeness (QED) is 0.0573. The Morgan fingerprint density at radius 2 is 1.18 bits per heavy atom. The standard InChI is InChI=1S/C38H77NO8Si2/c1-18-31(46-48(19-2,20-3)21-4)38(16,17)34(41)32(40)28(11)27(10)29(12)44-35(42)33(47-49(22-5,23-6)24-7)30(25-26(8)9)39-36(43)45-37(13,14)15/h26,29-34,40-41H,18-25H2,1-17H3,(H,39,43)/b28-27+/t29-,30-,31?,32-,33?,34-/m0/s1. The number of ether oxygens (including phenoxy) is 2. The lowest BCUT2D eigenvalue weighted by Crippen LogP contribution is -2.55. The summed E-state index contributed by atoms with van der Waals surface area (Å²) in [5.74, 6) is -0.416. The molecule has 3 N–H and O–H groups in total. The molecule has 1 amide bonds. The van der Waals surface area contributed by atoms with Crippen LogP contribution in [-0.4, -0.2) is 81.1 Å². The van der Waals surface area contributed by atoms with Crippen molar-refractivity contribution in [2.75, 3.05) is 0 Å². The van der Waals surface area contributed by atoms with Gasteiger partial charge >= 0.3 is 12.1 Å². The Balaban J connectivity index is 6.53. The second kappa shape index (κ2) is 20.7. The minimum atomic E-state index is -2.34. The highest BCUT2D eigenvalue weighted by atomic mass is 28.4. The van der Waals surface area contributed by atoms with E-state index in [2.05, 4.69) is 53.8 Å². The molecule has 0 aromatic heterocycles. The Kier molecular flexibility index (Phi) is 20.2. The molecular formula is C38H77NO8Si2. The van der Waals surface area contributed by atoms with Gasteiger partial charge in [-0.3, -0.25) is 0 Å². The van der Waals surface area contributed by atoms with Gasteiger partial charge in [-0.15, -0.1) is 0 Å². The Labute approximate surface area is 302 Å². The number of hydrogen-bond donors (Lipinski definition) is 3. The fraction of sp³-hybridized carbons (Fsp3) is 0.895. The zero-order valence-electron chi connectivity index (χ0n) is 34.5. The minimum Gasteiger partial charge on any atom is -0.456 e. The maximum atomic E-state index is 14.1. The van der Waals surface area contributed by atoms with E-state index in [1.165, 1.54) is 0 Å². The van der Waals surface area contributed by atoms with Crippen LogP contribution in [0.5, 0.6) is 0 Å². The fourth-order valence-electron chi connectivity index (χ4n) is 6.57. The van der Waals surface area contributed by atoms with Gasteiger partial charge in [0.1, 0.15) is 17.8 Å². The van der Waals surface area contributed by atoms with E-state index in [-0.39, 0.29) is 12.0 Å². The largest absolute Gasteiger partial charge is 0.456 e. The minimum absolute atomic E-state index is 0.150. The molecule has 0 saturated carbocycles. The summed E-state index contributed by atoms with van der Waals surface area (Å²) >= 11 is 0. The van der Waals surface area contributed by atoms with Crippen LogP contribution in [0.15, 0.2) is 11.1 Å². The number of hydrogen-bond acceptors (Lipinski definition) is 8.